The van der Waals surface area contributed by atoms with Crippen LogP contribution in [0.5, 0.6) is 0 Å². The molecule has 0 aliphatic rings. The first kappa shape index (κ1) is 26.4. The Morgan fingerprint density at radius 3 is 2.53 bits per heavy atom. The van der Waals surface area contributed by atoms with Crippen LogP contribution in [-0.2, 0) is 14.3 Å². The number of benzene rings is 2. The predicted molar refractivity (Wildman–Crippen MR) is 127 cm³/mol. The molecule has 10 nitrogen and oxygen atoms in total. The molecule has 0 aromatic heterocycles. The molecular weight excluding hydrogens is 483 g/mol. The molecule has 1 unspecified atom stereocenters. The van der Waals surface area contributed by atoms with Crippen LogP contribution in [-0.4, -0.2) is 36.9 Å². The molecule has 178 valence electrons. The van der Waals surface area contributed by atoms with Gasteiger partial charge in [-0.1, -0.05) is 29.3 Å². The molecule has 5 N–H and O–H groups in total. The van der Waals surface area contributed by atoms with Gasteiger partial charge in [0.1, 0.15) is 0 Å². The Bertz CT molecular complexity index is 1110. The zero-order valence-electron chi connectivity index (χ0n) is 18.1. The van der Waals surface area contributed by atoms with E-state index in [9.17, 15) is 14.4 Å². The van der Waals surface area contributed by atoms with E-state index in [4.69, 9.17) is 38.9 Å². The largest absolute Gasteiger partial charge is 0.466 e. The summed E-state index contributed by atoms with van der Waals surface area (Å²) in [5, 5.41) is 16.6. The highest BCUT2D eigenvalue weighted by Gasteiger charge is 2.21. The number of aliphatic imine (C=N–C) groups is 1. The minimum absolute atomic E-state index is 0.131. The summed E-state index contributed by atoms with van der Waals surface area (Å²) in [6, 6.07) is 10.0. The van der Waals surface area contributed by atoms with Gasteiger partial charge in [0.15, 0.2) is 6.19 Å². The molecule has 2 aromatic carbocycles. The highest BCUT2D eigenvalue weighted by Crippen LogP contribution is 2.25. The SMILES string of the molecule is CCOC(=O)CC(NC(=O)CNC(=O)c1cccc(N=C(N)NC#N)c1)c1cc(Cl)cc(Cl)c1. The summed E-state index contributed by atoms with van der Waals surface area (Å²) < 4.78 is 4.98. The van der Waals surface area contributed by atoms with Crippen LogP contribution >= 0.6 is 23.2 Å². The second-order valence-electron chi connectivity index (χ2n) is 6.80. The molecule has 0 bridgehead atoms. The van der Waals surface area contributed by atoms with E-state index in [-0.39, 0.29) is 31.1 Å². The molecule has 2 amide bonds. The van der Waals surface area contributed by atoms with Crippen LogP contribution in [0, 0.1) is 11.5 Å². The second-order valence-corrected chi connectivity index (χ2v) is 7.67. The van der Waals surface area contributed by atoms with Crippen molar-refractivity contribution in [2.45, 2.75) is 19.4 Å². The van der Waals surface area contributed by atoms with E-state index in [0.717, 1.165) is 0 Å². The summed E-state index contributed by atoms with van der Waals surface area (Å²) >= 11 is 12.1. The van der Waals surface area contributed by atoms with Crippen LogP contribution < -0.4 is 21.7 Å². The Morgan fingerprint density at radius 1 is 1.18 bits per heavy atom. The number of rotatable bonds is 9. The van der Waals surface area contributed by atoms with E-state index < -0.39 is 23.8 Å². The lowest BCUT2D eigenvalue weighted by Gasteiger charge is -2.19. The maximum absolute atomic E-state index is 12.5. The highest BCUT2D eigenvalue weighted by atomic mass is 35.5. The number of hydrogen-bond acceptors (Lipinski definition) is 6. The molecule has 0 saturated heterocycles. The fourth-order valence-electron chi connectivity index (χ4n) is 2.86. The molecule has 0 heterocycles. The van der Waals surface area contributed by atoms with E-state index in [2.05, 4.69) is 20.9 Å². The number of halogens is 2. The Balaban J connectivity index is 2.06. The van der Waals surface area contributed by atoms with Crippen LogP contribution in [0.4, 0.5) is 5.69 Å². The number of guanidine groups is 1. The van der Waals surface area contributed by atoms with Crippen LogP contribution in [0.1, 0.15) is 35.3 Å². The topological polar surface area (TPSA) is 159 Å². The quantitative estimate of drug-likeness (QED) is 0.134. The second kappa shape index (κ2) is 13.0. The van der Waals surface area contributed by atoms with Gasteiger partial charge in [-0.05, 0) is 48.9 Å². The monoisotopic (exact) mass is 504 g/mol. The molecule has 12 heteroatoms. The van der Waals surface area contributed by atoms with Crippen LogP contribution in [0.15, 0.2) is 47.5 Å². The molecule has 2 rings (SSSR count). The summed E-state index contributed by atoms with van der Waals surface area (Å²) in [6.07, 6.45) is 1.49. The third-order valence-electron chi connectivity index (χ3n) is 4.25. The number of carbonyl (C=O) groups is 3. The molecule has 0 aliphatic heterocycles. The number of ether oxygens (including phenoxy) is 1. The third-order valence-corrected chi connectivity index (χ3v) is 4.69. The van der Waals surface area contributed by atoms with Gasteiger partial charge in [0.25, 0.3) is 5.91 Å². The molecule has 34 heavy (non-hydrogen) atoms. The highest BCUT2D eigenvalue weighted by molar-refractivity contribution is 6.34. The smallest absolute Gasteiger partial charge is 0.308 e. The Kier molecular flexibility index (Phi) is 10.1. The molecule has 2 aromatic rings. The van der Waals surface area contributed by atoms with E-state index >= 15 is 0 Å². The van der Waals surface area contributed by atoms with Crippen molar-refractivity contribution in [1.29, 1.82) is 5.26 Å². The van der Waals surface area contributed by atoms with Crippen molar-refractivity contribution >= 4 is 52.6 Å². The molecular formula is C22H22Cl2N6O4. The third kappa shape index (κ3) is 8.61. The lowest BCUT2D eigenvalue weighted by Crippen LogP contribution is -2.39. The molecule has 1 atom stereocenters. The number of carbonyl (C=O) groups excluding carboxylic acids is 3. The summed E-state index contributed by atoms with van der Waals surface area (Å²) in [5.41, 5.74) is 6.60. The van der Waals surface area contributed by atoms with Gasteiger partial charge in [-0.15, -0.1) is 0 Å². The first-order valence-corrected chi connectivity index (χ1v) is 10.8. The Labute approximate surface area is 206 Å². The van der Waals surface area contributed by atoms with Gasteiger partial charge >= 0.3 is 5.97 Å². The Morgan fingerprint density at radius 2 is 1.88 bits per heavy atom. The number of nitrogens with zero attached hydrogens (tertiary/aromatic N) is 2. The van der Waals surface area contributed by atoms with Gasteiger partial charge in [-0.2, -0.15) is 5.26 Å². The van der Waals surface area contributed by atoms with Crippen molar-refractivity contribution in [3.05, 3.63) is 63.6 Å². The summed E-state index contributed by atoms with van der Waals surface area (Å²) in [7, 11) is 0. The van der Waals surface area contributed by atoms with E-state index in [1.54, 1.807) is 37.4 Å². The fraction of sp³-hybridized carbons (Fsp3) is 0.227. The predicted octanol–water partition coefficient (Wildman–Crippen LogP) is 2.55. The van der Waals surface area contributed by atoms with Gasteiger partial charge in [0.05, 0.1) is 31.3 Å². The van der Waals surface area contributed by atoms with E-state index in [1.807, 2.05) is 0 Å². The summed E-state index contributed by atoms with van der Waals surface area (Å²) in [4.78, 5) is 41.0. The van der Waals surface area contributed by atoms with Crippen molar-refractivity contribution in [2.24, 2.45) is 10.7 Å². The van der Waals surface area contributed by atoms with Crippen LogP contribution in [0.25, 0.3) is 0 Å². The lowest BCUT2D eigenvalue weighted by atomic mass is 10.0. The van der Waals surface area contributed by atoms with Gasteiger partial charge < -0.3 is 21.1 Å². The number of amides is 2. The van der Waals surface area contributed by atoms with Gasteiger partial charge in [0, 0.05) is 15.6 Å². The first-order valence-electron chi connectivity index (χ1n) is 10.00. The van der Waals surface area contributed by atoms with Crippen molar-refractivity contribution in [3.8, 4) is 6.19 Å². The number of nitriles is 1. The average molecular weight is 505 g/mol. The van der Waals surface area contributed by atoms with Crippen molar-refractivity contribution in [2.75, 3.05) is 13.2 Å². The van der Waals surface area contributed by atoms with Crippen molar-refractivity contribution in [3.63, 3.8) is 0 Å². The molecule has 0 spiro atoms. The molecule has 0 aliphatic carbocycles. The lowest BCUT2D eigenvalue weighted by molar-refractivity contribution is -0.143. The maximum atomic E-state index is 12.5. The number of nitrogens with two attached hydrogens (primary N) is 1. The normalized spacial score (nSPS) is 11.6. The first-order chi connectivity index (χ1) is 16.2. The molecule has 0 saturated carbocycles. The minimum atomic E-state index is -0.770. The van der Waals surface area contributed by atoms with Crippen LogP contribution in [0.3, 0.4) is 0 Å². The Hall–Kier alpha value is -3.81. The molecule has 0 radical (unpaired) electrons. The number of esters is 1. The zero-order valence-corrected chi connectivity index (χ0v) is 19.6. The van der Waals surface area contributed by atoms with Crippen LogP contribution in [0.2, 0.25) is 10.0 Å². The minimum Gasteiger partial charge on any atom is -0.466 e. The van der Waals surface area contributed by atoms with E-state index in [0.29, 0.717) is 21.3 Å². The average Bonchev–Trinajstić information content (AvgIpc) is 2.77. The van der Waals surface area contributed by atoms with Gasteiger partial charge in [-0.3, -0.25) is 19.7 Å². The summed E-state index contributed by atoms with van der Waals surface area (Å²) in [6.45, 7) is 1.50. The van der Waals surface area contributed by atoms with Gasteiger partial charge in [-0.25, -0.2) is 4.99 Å². The fourth-order valence-corrected chi connectivity index (χ4v) is 3.41. The number of hydrogen-bond donors (Lipinski definition) is 4. The summed E-state index contributed by atoms with van der Waals surface area (Å²) in [5.74, 6) is -1.73. The number of nitrogens with one attached hydrogen (secondary N) is 3. The van der Waals surface area contributed by atoms with Crippen molar-refractivity contribution in [1.82, 2.24) is 16.0 Å². The van der Waals surface area contributed by atoms with E-state index in [1.165, 1.54) is 18.2 Å². The zero-order chi connectivity index (χ0) is 25.1. The standard InChI is InChI=1S/C22H22Cl2N6O4/c1-2-34-20(32)10-18(14-6-15(23)9-16(24)7-14)30-19(31)11-27-21(33)13-4-3-5-17(8-13)29-22(26)28-12-25/h3-9,18H,2,10-11H2,1H3,(H,27,33)(H,30,31)(H3,26,28,29). The molecule has 0 fully saturated rings. The maximum Gasteiger partial charge on any atom is 0.308 e. The van der Waals surface area contributed by atoms with Gasteiger partial charge in [0.2, 0.25) is 11.9 Å². The van der Waals surface area contributed by atoms with Crippen molar-refractivity contribution < 1.29 is 19.1 Å².